The minimum atomic E-state index is -1.82. The fourth-order valence-electron chi connectivity index (χ4n) is 2.83. The fourth-order valence-corrected chi connectivity index (χ4v) is 2.83. The largest absolute Gasteiger partial charge is 0.497 e. The predicted molar refractivity (Wildman–Crippen MR) is 118 cm³/mol. The first kappa shape index (κ1) is 23.5. The van der Waals surface area contributed by atoms with E-state index < -0.39 is 11.9 Å². The molecule has 0 saturated carbocycles. The molecule has 0 saturated heterocycles. The van der Waals surface area contributed by atoms with Gasteiger partial charge in [0.25, 0.3) is 0 Å². The zero-order valence-corrected chi connectivity index (χ0v) is 18.0. The van der Waals surface area contributed by atoms with E-state index in [1.54, 1.807) is 7.11 Å². The van der Waals surface area contributed by atoms with Gasteiger partial charge in [0, 0.05) is 19.2 Å². The lowest BCUT2D eigenvalue weighted by Gasteiger charge is -2.10. The fraction of sp³-hybridized carbons (Fsp3) is 0.261. The third-order valence-corrected chi connectivity index (χ3v) is 4.63. The highest BCUT2D eigenvalue weighted by Gasteiger charge is 2.09. The van der Waals surface area contributed by atoms with Gasteiger partial charge in [0.2, 0.25) is 5.95 Å². The summed E-state index contributed by atoms with van der Waals surface area (Å²) in [6.45, 7) is 5.17. The number of hydrogen-bond acceptors (Lipinski definition) is 5. The van der Waals surface area contributed by atoms with E-state index >= 15 is 0 Å². The average Bonchev–Trinajstić information content (AvgIpc) is 3.13. The summed E-state index contributed by atoms with van der Waals surface area (Å²) < 4.78 is 7.38. The lowest BCUT2D eigenvalue weighted by Crippen LogP contribution is -2.09. The topological polar surface area (TPSA) is 114 Å². The molecule has 1 heterocycles. The van der Waals surface area contributed by atoms with Gasteiger partial charge in [-0.1, -0.05) is 50.2 Å². The smallest absolute Gasteiger partial charge is 0.414 e. The van der Waals surface area contributed by atoms with Crippen molar-refractivity contribution >= 4 is 17.9 Å². The van der Waals surface area contributed by atoms with Crippen LogP contribution in [0.1, 0.15) is 30.9 Å². The molecule has 0 spiro atoms. The Balaban J connectivity index is 0.000000501. The van der Waals surface area contributed by atoms with Crippen LogP contribution in [0, 0.1) is 0 Å². The Hall–Kier alpha value is -3.81. The van der Waals surface area contributed by atoms with Gasteiger partial charge in [0.05, 0.1) is 19.0 Å². The number of benzene rings is 2. The average molecular weight is 425 g/mol. The van der Waals surface area contributed by atoms with Gasteiger partial charge in [0.1, 0.15) is 5.75 Å². The van der Waals surface area contributed by atoms with Crippen LogP contribution in [0.5, 0.6) is 5.75 Å². The van der Waals surface area contributed by atoms with Crippen LogP contribution in [0.4, 0.5) is 5.95 Å². The summed E-state index contributed by atoms with van der Waals surface area (Å²) in [6.07, 6.45) is 1.89. The van der Waals surface area contributed by atoms with Crippen molar-refractivity contribution in [3.05, 3.63) is 65.9 Å². The summed E-state index contributed by atoms with van der Waals surface area (Å²) in [7, 11) is 3.70. The first-order valence-electron chi connectivity index (χ1n) is 9.68. The molecule has 0 amide bonds. The van der Waals surface area contributed by atoms with Crippen LogP contribution >= 0.6 is 0 Å². The van der Waals surface area contributed by atoms with E-state index in [4.69, 9.17) is 24.5 Å². The maximum absolute atomic E-state index is 9.10. The lowest BCUT2D eigenvalue weighted by molar-refractivity contribution is -0.159. The summed E-state index contributed by atoms with van der Waals surface area (Å²) in [4.78, 5) is 22.7. The minimum Gasteiger partial charge on any atom is -0.497 e. The highest BCUT2D eigenvalue weighted by Crippen LogP contribution is 2.25. The van der Waals surface area contributed by atoms with Crippen molar-refractivity contribution in [2.75, 3.05) is 12.4 Å². The first-order chi connectivity index (χ1) is 14.7. The molecule has 164 valence electrons. The van der Waals surface area contributed by atoms with Crippen molar-refractivity contribution < 1.29 is 24.5 Å². The zero-order valence-electron chi connectivity index (χ0n) is 18.0. The van der Waals surface area contributed by atoms with Crippen molar-refractivity contribution in [3.63, 3.8) is 0 Å². The summed E-state index contributed by atoms with van der Waals surface area (Å²) in [5.74, 6) is -1.39. The van der Waals surface area contributed by atoms with Gasteiger partial charge in [-0.05, 0) is 29.2 Å². The molecule has 0 aliphatic rings. The number of aromatic nitrogens is 2. The molecule has 8 nitrogen and oxygen atoms in total. The van der Waals surface area contributed by atoms with Crippen molar-refractivity contribution in [1.82, 2.24) is 9.55 Å². The van der Waals surface area contributed by atoms with E-state index in [1.165, 1.54) is 11.1 Å². The Morgan fingerprint density at radius 2 is 1.74 bits per heavy atom. The normalized spacial score (nSPS) is 10.2. The Morgan fingerprint density at radius 3 is 2.29 bits per heavy atom. The highest BCUT2D eigenvalue weighted by atomic mass is 16.5. The molecule has 0 bridgehead atoms. The Bertz CT molecular complexity index is 1010. The quantitative estimate of drug-likeness (QED) is 0.512. The summed E-state index contributed by atoms with van der Waals surface area (Å²) in [5.41, 5.74) is 4.75. The number of carbonyl (C=O) groups is 2. The second kappa shape index (κ2) is 10.8. The predicted octanol–water partition coefficient (Wildman–Crippen LogP) is 3.99. The Kier molecular flexibility index (Phi) is 8.19. The molecule has 0 unspecified atom stereocenters. The molecule has 0 atom stereocenters. The van der Waals surface area contributed by atoms with Crippen LogP contribution in [0.25, 0.3) is 11.3 Å². The number of nitrogens with one attached hydrogen (secondary N) is 1. The number of anilines is 1. The van der Waals surface area contributed by atoms with Gasteiger partial charge >= 0.3 is 11.9 Å². The first-order valence-corrected chi connectivity index (χ1v) is 9.68. The van der Waals surface area contributed by atoms with Gasteiger partial charge in [-0.15, -0.1) is 0 Å². The van der Waals surface area contributed by atoms with Gasteiger partial charge in [-0.2, -0.15) is 0 Å². The van der Waals surface area contributed by atoms with E-state index in [0.29, 0.717) is 5.92 Å². The molecule has 3 rings (SSSR count). The summed E-state index contributed by atoms with van der Waals surface area (Å²) >= 11 is 0. The van der Waals surface area contributed by atoms with Gasteiger partial charge in [-0.3, -0.25) is 0 Å². The molecule has 31 heavy (non-hydrogen) atoms. The maximum atomic E-state index is 9.10. The molecule has 0 aliphatic heterocycles. The maximum Gasteiger partial charge on any atom is 0.414 e. The molecule has 0 fully saturated rings. The van der Waals surface area contributed by atoms with E-state index in [0.717, 1.165) is 29.5 Å². The standard InChI is InChI=1S/C21H25N3O.C2H2O4/c1-15(2)17-10-8-16(9-11-17)13-22-21-23-14-20(24(21)3)18-6-5-7-19(12-18)25-4;3-1(4)2(5)6/h5-12,14-15H,13H2,1-4H3,(H,22,23);(H,3,4)(H,5,6). The SMILES string of the molecule is COc1cccc(-c2cnc(NCc3ccc(C(C)C)cc3)n2C)c1.O=C(O)C(=O)O. The number of carboxylic acid groups (broad SMARTS) is 2. The van der Waals surface area contributed by atoms with Crippen molar-refractivity contribution in [2.24, 2.45) is 7.05 Å². The number of nitrogens with zero attached hydrogens (tertiary/aromatic N) is 2. The number of aliphatic carboxylic acids is 2. The molecular formula is C23H27N3O5. The highest BCUT2D eigenvalue weighted by molar-refractivity contribution is 6.27. The molecule has 3 aromatic rings. The van der Waals surface area contributed by atoms with Crippen LogP contribution in [0.2, 0.25) is 0 Å². The van der Waals surface area contributed by atoms with Crippen LogP contribution in [-0.2, 0) is 23.2 Å². The van der Waals surface area contributed by atoms with E-state index in [-0.39, 0.29) is 0 Å². The van der Waals surface area contributed by atoms with Crippen molar-refractivity contribution in [2.45, 2.75) is 26.3 Å². The van der Waals surface area contributed by atoms with Crippen LogP contribution in [-0.4, -0.2) is 38.8 Å². The number of methoxy groups -OCH3 is 1. The van der Waals surface area contributed by atoms with Gasteiger partial charge < -0.3 is 24.8 Å². The third-order valence-electron chi connectivity index (χ3n) is 4.63. The van der Waals surface area contributed by atoms with Gasteiger partial charge in [0.15, 0.2) is 0 Å². The van der Waals surface area contributed by atoms with E-state index in [1.807, 2.05) is 31.4 Å². The molecule has 0 radical (unpaired) electrons. The molecule has 3 N–H and O–H groups in total. The monoisotopic (exact) mass is 425 g/mol. The van der Waals surface area contributed by atoms with Crippen molar-refractivity contribution in [3.8, 4) is 17.0 Å². The summed E-state index contributed by atoms with van der Waals surface area (Å²) in [5, 5.41) is 18.2. The number of rotatable bonds is 6. The van der Waals surface area contributed by atoms with Crippen molar-refractivity contribution in [1.29, 1.82) is 0 Å². The van der Waals surface area contributed by atoms with Crippen LogP contribution in [0.15, 0.2) is 54.7 Å². The lowest BCUT2D eigenvalue weighted by atomic mass is 10.0. The second-order valence-corrected chi connectivity index (χ2v) is 7.12. The molecule has 0 aliphatic carbocycles. The zero-order chi connectivity index (χ0) is 23.0. The number of imidazole rings is 1. The minimum absolute atomic E-state index is 0.557. The number of hydrogen-bond donors (Lipinski definition) is 3. The molecular weight excluding hydrogens is 398 g/mol. The Morgan fingerprint density at radius 1 is 1.10 bits per heavy atom. The van der Waals surface area contributed by atoms with Gasteiger partial charge in [-0.25, -0.2) is 14.6 Å². The van der Waals surface area contributed by atoms with Crippen LogP contribution < -0.4 is 10.1 Å². The molecule has 8 heteroatoms. The number of ether oxygens (including phenoxy) is 1. The molecule has 1 aromatic heterocycles. The third kappa shape index (κ3) is 6.60. The molecule has 2 aromatic carbocycles. The van der Waals surface area contributed by atoms with E-state index in [9.17, 15) is 0 Å². The van der Waals surface area contributed by atoms with Crippen LogP contribution in [0.3, 0.4) is 0 Å². The Labute approximate surface area is 181 Å². The second-order valence-electron chi connectivity index (χ2n) is 7.12. The summed E-state index contributed by atoms with van der Waals surface area (Å²) in [6, 6.07) is 16.8. The number of carboxylic acids is 2. The van der Waals surface area contributed by atoms with E-state index in [2.05, 4.69) is 59.0 Å².